The van der Waals surface area contributed by atoms with Crippen molar-refractivity contribution >= 4 is 5.70 Å². The fourth-order valence-corrected chi connectivity index (χ4v) is 2.94. The minimum absolute atomic E-state index is 0.171. The first-order valence-electron chi connectivity index (χ1n) is 7.74. The van der Waals surface area contributed by atoms with Crippen LogP contribution in [0.4, 0.5) is 0 Å². The van der Waals surface area contributed by atoms with Gasteiger partial charge in [0.2, 0.25) is 0 Å². The van der Waals surface area contributed by atoms with E-state index in [4.69, 9.17) is 4.84 Å². The standard InChI is InChI=1S/C17H24N2O/c1-14-6-8-15(9-7-14)17-12-16(20-18-17)13-19-10-4-2-3-5-11-19/h6-9,12,16,18H,2-5,10-11,13H2,1H3. The lowest BCUT2D eigenvalue weighted by atomic mass is 10.1. The van der Waals surface area contributed by atoms with Crippen molar-refractivity contribution in [3.8, 4) is 0 Å². The number of nitrogens with zero attached hydrogens (tertiary/aromatic N) is 1. The van der Waals surface area contributed by atoms with Gasteiger partial charge in [0.05, 0.1) is 5.70 Å². The lowest BCUT2D eigenvalue weighted by molar-refractivity contribution is 0.0290. The summed E-state index contributed by atoms with van der Waals surface area (Å²) in [5.74, 6) is 0. The normalized spacial score (nSPS) is 24.1. The van der Waals surface area contributed by atoms with E-state index >= 15 is 0 Å². The highest BCUT2D eigenvalue weighted by molar-refractivity contribution is 5.65. The van der Waals surface area contributed by atoms with Crippen molar-refractivity contribution in [2.24, 2.45) is 0 Å². The van der Waals surface area contributed by atoms with Gasteiger partial charge in [-0.15, -0.1) is 0 Å². The molecule has 108 valence electrons. The van der Waals surface area contributed by atoms with Gasteiger partial charge < -0.3 is 4.90 Å². The summed E-state index contributed by atoms with van der Waals surface area (Å²) in [6, 6.07) is 8.57. The molecular formula is C17H24N2O. The van der Waals surface area contributed by atoms with Gasteiger partial charge in [-0.1, -0.05) is 42.7 Å². The van der Waals surface area contributed by atoms with Crippen LogP contribution in [0.25, 0.3) is 5.70 Å². The summed E-state index contributed by atoms with van der Waals surface area (Å²) in [5, 5.41) is 0. The van der Waals surface area contributed by atoms with Crippen LogP contribution in [0, 0.1) is 6.92 Å². The number of aryl methyl sites for hydroxylation is 1. The first-order valence-corrected chi connectivity index (χ1v) is 7.74. The van der Waals surface area contributed by atoms with E-state index in [1.165, 1.54) is 49.9 Å². The molecule has 1 N–H and O–H groups in total. The molecule has 3 rings (SSSR count). The second-order valence-corrected chi connectivity index (χ2v) is 5.92. The molecule has 0 aliphatic carbocycles. The Morgan fingerprint density at radius 3 is 2.50 bits per heavy atom. The molecule has 1 fully saturated rings. The third kappa shape index (κ3) is 3.41. The molecule has 1 atom stereocenters. The molecule has 1 unspecified atom stereocenters. The molecule has 0 bridgehead atoms. The SMILES string of the molecule is Cc1ccc(C2=CC(CN3CCCCCC3)ON2)cc1. The smallest absolute Gasteiger partial charge is 0.118 e. The average Bonchev–Trinajstić information content (AvgIpc) is 2.76. The molecule has 0 spiro atoms. The summed E-state index contributed by atoms with van der Waals surface area (Å²) >= 11 is 0. The van der Waals surface area contributed by atoms with Gasteiger partial charge in [0, 0.05) is 6.54 Å². The lowest BCUT2D eigenvalue weighted by Gasteiger charge is -2.21. The number of hydrogen-bond acceptors (Lipinski definition) is 3. The number of benzene rings is 1. The second-order valence-electron chi connectivity index (χ2n) is 5.92. The summed E-state index contributed by atoms with van der Waals surface area (Å²) in [7, 11) is 0. The molecule has 0 radical (unpaired) electrons. The summed E-state index contributed by atoms with van der Waals surface area (Å²) in [5.41, 5.74) is 6.67. The van der Waals surface area contributed by atoms with Crippen molar-refractivity contribution in [3.63, 3.8) is 0 Å². The molecule has 2 aliphatic heterocycles. The first kappa shape index (κ1) is 13.7. The largest absolute Gasteiger partial charge is 0.300 e. The fourth-order valence-electron chi connectivity index (χ4n) is 2.94. The zero-order valence-electron chi connectivity index (χ0n) is 12.3. The maximum Gasteiger partial charge on any atom is 0.118 e. The Kier molecular flexibility index (Phi) is 4.38. The van der Waals surface area contributed by atoms with Crippen LogP contribution < -0.4 is 5.48 Å². The minimum atomic E-state index is 0.171. The summed E-state index contributed by atoms with van der Waals surface area (Å²) in [4.78, 5) is 8.25. The minimum Gasteiger partial charge on any atom is -0.300 e. The fraction of sp³-hybridized carbons (Fsp3) is 0.529. The predicted molar refractivity (Wildman–Crippen MR) is 82.1 cm³/mol. The molecule has 2 aliphatic rings. The van der Waals surface area contributed by atoms with E-state index in [0.29, 0.717) is 0 Å². The van der Waals surface area contributed by atoms with Gasteiger partial charge in [-0.05, 0) is 44.5 Å². The van der Waals surface area contributed by atoms with Gasteiger partial charge in [-0.25, -0.2) is 0 Å². The zero-order chi connectivity index (χ0) is 13.8. The molecule has 0 aromatic heterocycles. The van der Waals surface area contributed by atoms with Crippen LogP contribution in [-0.4, -0.2) is 30.6 Å². The Balaban J connectivity index is 1.60. The van der Waals surface area contributed by atoms with Crippen LogP contribution >= 0.6 is 0 Å². The molecule has 3 nitrogen and oxygen atoms in total. The van der Waals surface area contributed by atoms with Crippen LogP contribution in [0.3, 0.4) is 0 Å². The molecule has 1 aromatic carbocycles. The summed E-state index contributed by atoms with van der Waals surface area (Å²) in [6.45, 7) is 5.54. The molecule has 2 heterocycles. The van der Waals surface area contributed by atoms with Gasteiger partial charge in [-0.2, -0.15) is 0 Å². The molecular weight excluding hydrogens is 248 g/mol. The van der Waals surface area contributed by atoms with Crippen LogP contribution in [0.2, 0.25) is 0 Å². The van der Waals surface area contributed by atoms with Crippen LogP contribution in [0.1, 0.15) is 36.8 Å². The third-order valence-corrected chi connectivity index (χ3v) is 4.17. The Labute approximate surface area is 121 Å². The van der Waals surface area contributed by atoms with Gasteiger partial charge in [0.1, 0.15) is 6.10 Å². The highest BCUT2D eigenvalue weighted by atomic mass is 16.7. The number of likely N-dealkylation sites (tertiary alicyclic amines) is 1. The van der Waals surface area contributed by atoms with Crippen molar-refractivity contribution in [1.82, 2.24) is 10.4 Å². The van der Waals surface area contributed by atoms with E-state index in [2.05, 4.69) is 47.6 Å². The van der Waals surface area contributed by atoms with E-state index in [9.17, 15) is 0 Å². The van der Waals surface area contributed by atoms with Gasteiger partial charge in [-0.3, -0.25) is 10.3 Å². The van der Waals surface area contributed by atoms with Crippen LogP contribution in [0.5, 0.6) is 0 Å². The van der Waals surface area contributed by atoms with Crippen LogP contribution in [-0.2, 0) is 4.84 Å². The molecule has 0 saturated carbocycles. The van der Waals surface area contributed by atoms with Crippen molar-refractivity contribution < 1.29 is 4.84 Å². The second kappa shape index (κ2) is 6.42. The van der Waals surface area contributed by atoms with Crippen LogP contribution in [0.15, 0.2) is 30.3 Å². The highest BCUT2D eigenvalue weighted by Gasteiger charge is 2.20. The molecule has 1 aromatic rings. The molecule has 0 amide bonds. The predicted octanol–water partition coefficient (Wildman–Crippen LogP) is 3.12. The highest BCUT2D eigenvalue weighted by Crippen LogP contribution is 2.20. The third-order valence-electron chi connectivity index (χ3n) is 4.17. The van der Waals surface area contributed by atoms with E-state index in [1.807, 2.05) is 0 Å². The zero-order valence-corrected chi connectivity index (χ0v) is 12.3. The first-order chi connectivity index (χ1) is 9.81. The number of rotatable bonds is 3. The number of nitrogens with one attached hydrogen (secondary N) is 1. The van der Waals surface area contributed by atoms with Crippen molar-refractivity contribution in [1.29, 1.82) is 0 Å². The maximum atomic E-state index is 5.71. The maximum absolute atomic E-state index is 5.71. The number of hydrogen-bond donors (Lipinski definition) is 1. The summed E-state index contributed by atoms with van der Waals surface area (Å²) < 4.78 is 0. The van der Waals surface area contributed by atoms with E-state index in [-0.39, 0.29) is 6.10 Å². The monoisotopic (exact) mass is 272 g/mol. The Hall–Kier alpha value is -1.32. The molecule has 3 heteroatoms. The average molecular weight is 272 g/mol. The summed E-state index contributed by atoms with van der Waals surface area (Å²) in [6.07, 6.45) is 7.80. The van der Waals surface area contributed by atoms with Gasteiger partial charge in [0.15, 0.2) is 0 Å². The van der Waals surface area contributed by atoms with Crippen molar-refractivity contribution in [3.05, 3.63) is 41.5 Å². The Bertz CT molecular complexity index is 458. The number of hydroxylamine groups is 1. The van der Waals surface area contributed by atoms with Gasteiger partial charge in [0.25, 0.3) is 0 Å². The molecule has 1 saturated heterocycles. The van der Waals surface area contributed by atoms with E-state index < -0.39 is 0 Å². The Morgan fingerprint density at radius 1 is 1.10 bits per heavy atom. The van der Waals surface area contributed by atoms with E-state index in [1.54, 1.807) is 0 Å². The molecule has 20 heavy (non-hydrogen) atoms. The topological polar surface area (TPSA) is 24.5 Å². The van der Waals surface area contributed by atoms with Gasteiger partial charge >= 0.3 is 0 Å². The van der Waals surface area contributed by atoms with Crippen molar-refractivity contribution in [2.45, 2.75) is 38.7 Å². The lowest BCUT2D eigenvalue weighted by Crippen LogP contribution is -2.33. The Morgan fingerprint density at radius 2 is 1.80 bits per heavy atom. The van der Waals surface area contributed by atoms with E-state index in [0.717, 1.165) is 12.2 Å². The quantitative estimate of drug-likeness (QED) is 0.915. The van der Waals surface area contributed by atoms with Crippen molar-refractivity contribution in [2.75, 3.05) is 19.6 Å².